The Bertz CT molecular complexity index is 676. The summed E-state index contributed by atoms with van der Waals surface area (Å²) >= 11 is 9.35. The molecular formula is C15H13BrClNO3. The summed E-state index contributed by atoms with van der Waals surface area (Å²) in [6.07, 6.45) is 0. The maximum absolute atomic E-state index is 12.3. The standard InChI is InChI=1S/C15H13BrClNO3/c1-20-13-6-4-10(8-14(13)21-2)18-15(19)11-7-9(16)3-5-12(11)17/h3-8H,1-2H3,(H,18,19). The third-order valence-electron chi connectivity index (χ3n) is 2.81. The van der Waals surface area contributed by atoms with E-state index in [4.69, 9.17) is 21.1 Å². The van der Waals surface area contributed by atoms with E-state index in [0.717, 1.165) is 4.47 Å². The molecule has 0 aliphatic heterocycles. The van der Waals surface area contributed by atoms with Crippen molar-refractivity contribution in [3.8, 4) is 11.5 Å². The molecule has 2 rings (SSSR count). The van der Waals surface area contributed by atoms with E-state index in [-0.39, 0.29) is 5.91 Å². The number of methoxy groups -OCH3 is 2. The van der Waals surface area contributed by atoms with Crippen LogP contribution in [0.3, 0.4) is 0 Å². The number of nitrogens with one attached hydrogen (secondary N) is 1. The van der Waals surface area contributed by atoms with Crippen LogP contribution >= 0.6 is 27.5 Å². The fourth-order valence-electron chi connectivity index (χ4n) is 1.78. The molecule has 0 saturated heterocycles. The van der Waals surface area contributed by atoms with Crippen molar-refractivity contribution in [2.45, 2.75) is 0 Å². The summed E-state index contributed by atoms with van der Waals surface area (Å²) in [5.41, 5.74) is 0.981. The van der Waals surface area contributed by atoms with Gasteiger partial charge in [0.2, 0.25) is 0 Å². The first-order chi connectivity index (χ1) is 10.0. The molecule has 0 heterocycles. The van der Waals surface area contributed by atoms with E-state index in [9.17, 15) is 4.79 Å². The quantitative estimate of drug-likeness (QED) is 0.869. The molecule has 110 valence electrons. The first-order valence-electron chi connectivity index (χ1n) is 6.03. The van der Waals surface area contributed by atoms with E-state index in [2.05, 4.69) is 21.2 Å². The van der Waals surface area contributed by atoms with Crippen molar-refractivity contribution >= 4 is 39.1 Å². The lowest BCUT2D eigenvalue weighted by Crippen LogP contribution is -2.12. The third kappa shape index (κ3) is 3.68. The van der Waals surface area contributed by atoms with Gasteiger partial charge in [-0.15, -0.1) is 0 Å². The maximum Gasteiger partial charge on any atom is 0.257 e. The van der Waals surface area contributed by atoms with Crippen molar-refractivity contribution in [2.75, 3.05) is 19.5 Å². The maximum atomic E-state index is 12.3. The second kappa shape index (κ2) is 6.83. The van der Waals surface area contributed by atoms with Crippen molar-refractivity contribution in [3.63, 3.8) is 0 Å². The summed E-state index contributed by atoms with van der Waals surface area (Å²) in [7, 11) is 3.09. The average Bonchev–Trinajstić information content (AvgIpc) is 2.49. The molecule has 1 amide bonds. The number of rotatable bonds is 4. The van der Waals surface area contributed by atoms with Gasteiger partial charge in [-0.25, -0.2) is 0 Å². The van der Waals surface area contributed by atoms with Crippen LogP contribution < -0.4 is 14.8 Å². The zero-order valence-electron chi connectivity index (χ0n) is 11.4. The van der Waals surface area contributed by atoms with Crippen molar-refractivity contribution in [1.29, 1.82) is 0 Å². The van der Waals surface area contributed by atoms with Crippen LogP contribution in [0.25, 0.3) is 0 Å². The van der Waals surface area contributed by atoms with Crippen LogP contribution in [-0.4, -0.2) is 20.1 Å². The predicted octanol–water partition coefficient (Wildman–Crippen LogP) is 4.37. The third-order valence-corrected chi connectivity index (χ3v) is 3.64. The summed E-state index contributed by atoms with van der Waals surface area (Å²) in [6.45, 7) is 0. The minimum absolute atomic E-state index is 0.298. The Morgan fingerprint density at radius 1 is 1.10 bits per heavy atom. The molecule has 0 aromatic heterocycles. The first kappa shape index (κ1) is 15.7. The van der Waals surface area contributed by atoms with Gasteiger partial charge in [0.1, 0.15) is 0 Å². The molecule has 21 heavy (non-hydrogen) atoms. The Morgan fingerprint density at radius 2 is 1.81 bits per heavy atom. The topological polar surface area (TPSA) is 47.6 Å². The summed E-state index contributed by atoms with van der Waals surface area (Å²) < 4.78 is 11.1. The molecule has 0 saturated carbocycles. The van der Waals surface area contributed by atoms with Gasteiger partial charge >= 0.3 is 0 Å². The van der Waals surface area contributed by atoms with E-state index in [1.807, 2.05) is 0 Å². The van der Waals surface area contributed by atoms with Gasteiger partial charge in [-0.3, -0.25) is 4.79 Å². The fourth-order valence-corrected chi connectivity index (χ4v) is 2.35. The minimum atomic E-state index is -0.298. The second-order valence-electron chi connectivity index (χ2n) is 4.15. The molecule has 0 spiro atoms. The van der Waals surface area contributed by atoms with Crippen LogP contribution in [0.5, 0.6) is 11.5 Å². The number of hydrogen-bond acceptors (Lipinski definition) is 3. The van der Waals surface area contributed by atoms with Crippen LogP contribution in [0.4, 0.5) is 5.69 Å². The van der Waals surface area contributed by atoms with Gasteiger partial charge in [0, 0.05) is 16.2 Å². The Morgan fingerprint density at radius 3 is 2.48 bits per heavy atom. The Labute approximate surface area is 136 Å². The fraction of sp³-hybridized carbons (Fsp3) is 0.133. The van der Waals surface area contributed by atoms with E-state index in [1.54, 1.807) is 43.5 Å². The van der Waals surface area contributed by atoms with E-state index < -0.39 is 0 Å². The Balaban J connectivity index is 2.25. The minimum Gasteiger partial charge on any atom is -0.493 e. The largest absolute Gasteiger partial charge is 0.493 e. The number of carbonyl (C=O) groups excluding carboxylic acids is 1. The van der Waals surface area contributed by atoms with Crippen LogP contribution in [0.15, 0.2) is 40.9 Å². The highest BCUT2D eigenvalue weighted by atomic mass is 79.9. The number of amides is 1. The number of ether oxygens (including phenoxy) is 2. The first-order valence-corrected chi connectivity index (χ1v) is 7.20. The molecule has 0 aliphatic carbocycles. The lowest BCUT2D eigenvalue weighted by Gasteiger charge is -2.11. The Kier molecular flexibility index (Phi) is 5.09. The summed E-state index contributed by atoms with van der Waals surface area (Å²) in [6, 6.07) is 10.2. The van der Waals surface area contributed by atoms with Crippen LogP contribution in [0, 0.1) is 0 Å². The number of carbonyl (C=O) groups is 1. The lowest BCUT2D eigenvalue weighted by molar-refractivity contribution is 0.102. The molecular weight excluding hydrogens is 358 g/mol. The van der Waals surface area contributed by atoms with Gasteiger partial charge in [0.25, 0.3) is 5.91 Å². The van der Waals surface area contributed by atoms with Crippen LogP contribution in [0.2, 0.25) is 5.02 Å². The monoisotopic (exact) mass is 369 g/mol. The summed E-state index contributed by atoms with van der Waals surface area (Å²) in [5.74, 6) is 0.833. The van der Waals surface area contributed by atoms with Gasteiger partial charge in [0.15, 0.2) is 11.5 Å². The van der Waals surface area contributed by atoms with Gasteiger partial charge in [-0.05, 0) is 30.3 Å². The average molecular weight is 371 g/mol. The summed E-state index contributed by atoms with van der Waals surface area (Å²) in [5, 5.41) is 3.16. The number of halogens is 2. The smallest absolute Gasteiger partial charge is 0.257 e. The van der Waals surface area contributed by atoms with Crippen LogP contribution in [-0.2, 0) is 0 Å². The second-order valence-corrected chi connectivity index (χ2v) is 5.47. The number of hydrogen-bond donors (Lipinski definition) is 1. The molecule has 0 bridgehead atoms. The van der Waals surface area contributed by atoms with E-state index in [1.165, 1.54) is 7.11 Å². The number of anilines is 1. The molecule has 0 atom stereocenters. The van der Waals surface area contributed by atoms with Crippen LogP contribution in [0.1, 0.15) is 10.4 Å². The molecule has 0 aliphatic rings. The molecule has 2 aromatic rings. The zero-order valence-corrected chi connectivity index (χ0v) is 13.8. The molecule has 1 N–H and O–H groups in total. The lowest BCUT2D eigenvalue weighted by atomic mass is 10.2. The number of benzene rings is 2. The summed E-state index contributed by atoms with van der Waals surface area (Å²) in [4.78, 5) is 12.3. The highest BCUT2D eigenvalue weighted by Crippen LogP contribution is 2.30. The Hall–Kier alpha value is -1.72. The molecule has 4 nitrogen and oxygen atoms in total. The molecule has 6 heteroatoms. The highest BCUT2D eigenvalue weighted by molar-refractivity contribution is 9.10. The van der Waals surface area contributed by atoms with E-state index in [0.29, 0.717) is 27.8 Å². The molecule has 0 fully saturated rings. The molecule has 0 unspecified atom stereocenters. The molecule has 2 aromatic carbocycles. The normalized spacial score (nSPS) is 10.1. The van der Waals surface area contributed by atoms with Crippen molar-refractivity contribution in [1.82, 2.24) is 0 Å². The zero-order chi connectivity index (χ0) is 15.4. The predicted molar refractivity (Wildman–Crippen MR) is 86.7 cm³/mol. The molecule has 0 radical (unpaired) electrons. The van der Waals surface area contributed by atoms with Gasteiger partial charge < -0.3 is 14.8 Å². The van der Waals surface area contributed by atoms with E-state index >= 15 is 0 Å². The van der Waals surface area contributed by atoms with Crippen molar-refractivity contribution in [3.05, 3.63) is 51.5 Å². The van der Waals surface area contributed by atoms with Gasteiger partial charge in [0.05, 0.1) is 24.8 Å². The highest BCUT2D eigenvalue weighted by Gasteiger charge is 2.12. The van der Waals surface area contributed by atoms with Gasteiger partial charge in [-0.2, -0.15) is 0 Å². The SMILES string of the molecule is COc1ccc(NC(=O)c2cc(Br)ccc2Cl)cc1OC. The van der Waals surface area contributed by atoms with Crippen molar-refractivity contribution < 1.29 is 14.3 Å². The van der Waals surface area contributed by atoms with Gasteiger partial charge in [-0.1, -0.05) is 27.5 Å². The van der Waals surface area contributed by atoms with Crippen molar-refractivity contribution in [2.24, 2.45) is 0 Å².